The van der Waals surface area contributed by atoms with Gasteiger partial charge in [0.25, 0.3) is 0 Å². The molecule has 4 aliphatic rings. The van der Waals surface area contributed by atoms with Crippen LogP contribution in [0, 0.1) is 0 Å². The van der Waals surface area contributed by atoms with Gasteiger partial charge in [-0.05, 0) is 32.7 Å². The maximum absolute atomic E-state index is 12.5. The van der Waals surface area contributed by atoms with Crippen LogP contribution >= 0.6 is 11.3 Å². The quantitative estimate of drug-likeness (QED) is 0.879. The van der Waals surface area contributed by atoms with Crippen LogP contribution in [0.15, 0.2) is 0 Å². The summed E-state index contributed by atoms with van der Waals surface area (Å²) in [6.45, 7) is 3.70. The van der Waals surface area contributed by atoms with E-state index >= 15 is 0 Å². The van der Waals surface area contributed by atoms with E-state index in [1.807, 2.05) is 16.2 Å². The summed E-state index contributed by atoms with van der Waals surface area (Å²) in [5.74, 6) is 0. The fourth-order valence-corrected chi connectivity index (χ4v) is 6.27. The number of nitrogens with one attached hydrogen (secondary N) is 1. The first-order valence-electron chi connectivity index (χ1n) is 9.68. The highest BCUT2D eigenvalue weighted by atomic mass is 32.1. The van der Waals surface area contributed by atoms with Gasteiger partial charge in [-0.25, -0.2) is 9.78 Å². The zero-order valence-corrected chi connectivity index (χ0v) is 15.7. The molecule has 2 atom stereocenters. The average Bonchev–Trinajstić information content (AvgIpc) is 3.30. The Bertz CT molecular complexity index is 633. The lowest BCUT2D eigenvalue weighted by Crippen LogP contribution is -2.52. The molecular weight excluding hydrogens is 334 g/mol. The van der Waals surface area contributed by atoms with E-state index in [2.05, 4.69) is 22.2 Å². The van der Waals surface area contributed by atoms with Crippen molar-refractivity contribution < 1.29 is 4.79 Å². The van der Waals surface area contributed by atoms with Crippen molar-refractivity contribution in [2.45, 2.75) is 69.7 Å². The first-order chi connectivity index (χ1) is 12.2. The van der Waals surface area contributed by atoms with Gasteiger partial charge in [0, 0.05) is 31.2 Å². The highest BCUT2D eigenvalue weighted by Gasteiger charge is 2.41. The summed E-state index contributed by atoms with van der Waals surface area (Å²) in [6.07, 6.45) is 7.34. The highest BCUT2D eigenvalue weighted by molar-refractivity contribution is 7.15. The second-order valence-corrected chi connectivity index (χ2v) is 9.23. The van der Waals surface area contributed by atoms with E-state index in [0.717, 1.165) is 38.2 Å². The lowest BCUT2D eigenvalue weighted by molar-refractivity contribution is 0.194. The number of hydrogen-bond acceptors (Lipinski definition) is 5. The number of hydrogen-bond donors (Lipinski definition) is 1. The Morgan fingerprint density at radius 1 is 1.12 bits per heavy atom. The summed E-state index contributed by atoms with van der Waals surface area (Å²) < 4.78 is 0. The van der Waals surface area contributed by atoms with E-state index in [1.165, 1.54) is 35.7 Å². The van der Waals surface area contributed by atoms with E-state index in [9.17, 15) is 4.79 Å². The molecular formula is C18H27N5OS. The molecule has 0 radical (unpaired) electrons. The molecule has 0 aromatic carbocycles. The van der Waals surface area contributed by atoms with Crippen molar-refractivity contribution in [1.29, 1.82) is 0 Å². The molecule has 2 saturated heterocycles. The number of nitrogens with zero attached hydrogens (tertiary/aromatic N) is 4. The second kappa shape index (κ2) is 6.13. The summed E-state index contributed by atoms with van der Waals surface area (Å²) in [5.41, 5.74) is 1.12. The minimum absolute atomic E-state index is 0.0957. The fraction of sp³-hybridized carbons (Fsp3) is 0.778. The second-order valence-electron chi connectivity index (χ2n) is 8.17. The Morgan fingerprint density at radius 2 is 1.84 bits per heavy atom. The monoisotopic (exact) mass is 361 g/mol. The van der Waals surface area contributed by atoms with Gasteiger partial charge in [-0.1, -0.05) is 24.2 Å². The molecule has 1 aromatic rings. The Hall–Kier alpha value is -1.34. The Labute approximate surface area is 153 Å². The Morgan fingerprint density at radius 3 is 2.52 bits per heavy atom. The van der Waals surface area contributed by atoms with Crippen molar-refractivity contribution in [1.82, 2.24) is 20.1 Å². The van der Waals surface area contributed by atoms with Gasteiger partial charge in [0.15, 0.2) is 5.13 Å². The number of rotatable bonds is 2. The molecule has 3 aliphatic heterocycles. The van der Waals surface area contributed by atoms with Crippen molar-refractivity contribution in [2.75, 3.05) is 25.0 Å². The van der Waals surface area contributed by atoms with Crippen molar-refractivity contribution in [3.63, 3.8) is 0 Å². The van der Waals surface area contributed by atoms with Crippen molar-refractivity contribution in [3.05, 3.63) is 10.6 Å². The first-order valence-corrected chi connectivity index (χ1v) is 10.5. The van der Waals surface area contributed by atoms with Crippen LogP contribution in [-0.4, -0.2) is 59.1 Å². The summed E-state index contributed by atoms with van der Waals surface area (Å²) in [7, 11) is 2.23. The minimum Gasteiger partial charge on any atom is -0.340 e. The molecule has 1 aliphatic carbocycles. The zero-order chi connectivity index (χ0) is 17.0. The summed E-state index contributed by atoms with van der Waals surface area (Å²) in [4.78, 5) is 25.7. The van der Waals surface area contributed by atoms with Crippen molar-refractivity contribution >= 4 is 22.5 Å². The number of aromatic nitrogens is 1. The number of amides is 2. The number of thiazole rings is 1. The van der Waals surface area contributed by atoms with Gasteiger partial charge in [0.1, 0.15) is 0 Å². The minimum atomic E-state index is 0.0957. The van der Waals surface area contributed by atoms with Gasteiger partial charge < -0.3 is 20.0 Å². The first kappa shape index (κ1) is 15.9. The number of likely N-dealkylation sites (tertiary alicyclic amines) is 1. The van der Waals surface area contributed by atoms with E-state index in [-0.39, 0.29) is 6.03 Å². The molecule has 5 rings (SSSR count). The number of urea groups is 1. The van der Waals surface area contributed by atoms with Crippen molar-refractivity contribution in [3.8, 4) is 0 Å². The van der Waals surface area contributed by atoms with Gasteiger partial charge in [0.05, 0.1) is 23.7 Å². The Balaban J connectivity index is 1.25. The normalized spacial score (nSPS) is 29.5. The molecule has 3 fully saturated rings. The third kappa shape index (κ3) is 2.81. The van der Waals surface area contributed by atoms with Crippen LogP contribution in [0.1, 0.15) is 49.1 Å². The molecule has 25 heavy (non-hydrogen) atoms. The maximum Gasteiger partial charge on any atom is 0.318 e. The topological polar surface area (TPSA) is 51.7 Å². The number of carbonyl (C=O) groups is 1. The van der Waals surface area contributed by atoms with Gasteiger partial charge in [-0.15, -0.1) is 0 Å². The standard InChI is InChI=1S/C18H27N5OS/c1-21-8-13-6-7-14(9-21)23(13)18-20-15-10-22(11-16(15)25-18)17(24)19-12-4-2-3-5-12/h12-14H,2-11H2,1H3,(H,19,24). The number of likely N-dealkylation sites (N-methyl/N-ethyl adjacent to an activating group) is 1. The van der Waals surface area contributed by atoms with Crippen LogP contribution < -0.4 is 10.2 Å². The van der Waals surface area contributed by atoms with E-state index in [4.69, 9.17) is 4.98 Å². The molecule has 1 N–H and O–H groups in total. The van der Waals surface area contributed by atoms with Crippen LogP contribution in [0.3, 0.4) is 0 Å². The van der Waals surface area contributed by atoms with Gasteiger partial charge in [0.2, 0.25) is 0 Å². The van der Waals surface area contributed by atoms with E-state index < -0.39 is 0 Å². The summed E-state index contributed by atoms with van der Waals surface area (Å²) >= 11 is 1.82. The van der Waals surface area contributed by atoms with Crippen LogP contribution in [0.2, 0.25) is 0 Å². The summed E-state index contributed by atoms with van der Waals surface area (Å²) in [5, 5.41) is 4.40. The van der Waals surface area contributed by atoms with E-state index in [1.54, 1.807) is 0 Å². The molecule has 2 amide bonds. The molecule has 2 bridgehead atoms. The molecule has 0 spiro atoms. The molecule has 4 heterocycles. The van der Waals surface area contributed by atoms with Gasteiger partial charge >= 0.3 is 6.03 Å². The van der Waals surface area contributed by atoms with Crippen LogP contribution in [0.4, 0.5) is 9.93 Å². The number of anilines is 1. The molecule has 136 valence electrons. The molecule has 7 heteroatoms. The Kier molecular flexibility index (Phi) is 3.89. The van der Waals surface area contributed by atoms with Crippen molar-refractivity contribution in [2.24, 2.45) is 0 Å². The number of piperazine rings is 1. The van der Waals surface area contributed by atoms with Gasteiger partial charge in [-0.2, -0.15) is 0 Å². The predicted molar refractivity (Wildman–Crippen MR) is 98.9 cm³/mol. The van der Waals surface area contributed by atoms with Gasteiger partial charge in [-0.3, -0.25) is 0 Å². The van der Waals surface area contributed by atoms with E-state index in [0.29, 0.717) is 24.7 Å². The lowest BCUT2D eigenvalue weighted by atomic mass is 10.2. The fourth-order valence-electron chi connectivity index (χ4n) is 5.04. The van der Waals surface area contributed by atoms with Crippen LogP contribution in [0.5, 0.6) is 0 Å². The average molecular weight is 362 g/mol. The van der Waals surface area contributed by atoms with Crippen LogP contribution in [-0.2, 0) is 13.1 Å². The maximum atomic E-state index is 12.5. The molecule has 6 nitrogen and oxygen atoms in total. The van der Waals surface area contributed by atoms with Crippen LogP contribution in [0.25, 0.3) is 0 Å². The number of carbonyl (C=O) groups excluding carboxylic acids is 1. The largest absolute Gasteiger partial charge is 0.340 e. The molecule has 1 saturated carbocycles. The SMILES string of the molecule is CN1CC2CCC(C1)N2c1nc2c(s1)CN(C(=O)NC1CCCC1)C2. The highest BCUT2D eigenvalue weighted by Crippen LogP contribution is 2.40. The lowest BCUT2D eigenvalue weighted by Gasteiger charge is -2.39. The zero-order valence-electron chi connectivity index (χ0n) is 14.9. The third-order valence-corrected chi connectivity index (χ3v) is 7.39. The third-order valence-electron chi connectivity index (χ3n) is 6.30. The number of fused-ring (bicyclic) bond motifs is 3. The molecule has 1 aromatic heterocycles. The predicted octanol–water partition coefficient (Wildman–Crippen LogP) is 2.39. The smallest absolute Gasteiger partial charge is 0.318 e. The summed E-state index contributed by atoms with van der Waals surface area (Å²) in [6, 6.07) is 1.72. The molecule has 2 unspecified atom stereocenters.